The summed E-state index contributed by atoms with van der Waals surface area (Å²) < 4.78 is 4.60. The lowest BCUT2D eigenvalue weighted by atomic mass is 9.98. The molecule has 2 N–H and O–H groups in total. The van der Waals surface area contributed by atoms with E-state index in [2.05, 4.69) is 15.0 Å². The van der Waals surface area contributed by atoms with Crippen molar-refractivity contribution in [1.82, 2.24) is 10.2 Å². The zero-order chi connectivity index (χ0) is 13.2. The van der Waals surface area contributed by atoms with Gasteiger partial charge in [-0.1, -0.05) is 6.42 Å². The van der Waals surface area contributed by atoms with E-state index >= 15 is 0 Å². The van der Waals surface area contributed by atoms with Gasteiger partial charge in [0.15, 0.2) is 5.60 Å². The molecule has 0 saturated carbocycles. The molecule has 2 rings (SSSR count). The van der Waals surface area contributed by atoms with Gasteiger partial charge in [0.2, 0.25) is 0 Å². The van der Waals surface area contributed by atoms with Gasteiger partial charge in [0, 0.05) is 25.2 Å². The number of nitrogens with zero attached hydrogens (tertiary/aromatic N) is 1. The van der Waals surface area contributed by atoms with Crippen molar-refractivity contribution < 1.29 is 14.6 Å². The Balaban J connectivity index is 1.85. The van der Waals surface area contributed by atoms with E-state index < -0.39 is 11.6 Å². The number of carbonyl (C=O) groups is 1. The zero-order valence-electron chi connectivity index (χ0n) is 11.3. The molecule has 0 radical (unpaired) electrons. The molecule has 0 aliphatic carbocycles. The molecule has 104 valence electrons. The third-order valence-electron chi connectivity index (χ3n) is 4.19. The molecule has 5 nitrogen and oxygen atoms in total. The highest BCUT2D eigenvalue weighted by molar-refractivity contribution is 5.78. The Hall–Kier alpha value is -0.650. The number of rotatable bonds is 4. The summed E-state index contributed by atoms with van der Waals surface area (Å²) in [6.45, 7) is 4.08. The fourth-order valence-electron chi connectivity index (χ4n) is 3.11. The molecule has 3 atom stereocenters. The third kappa shape index (κ3) is 2.84. The first-order valence-electron chi connectivity index (χ1n) is 6.83. The van der Waals surface area contributed by atoms with Gasteiger partial charge in [0.25, 0.3) is 0 Å². The van der Waals surface area contributed by atoms with E-state index in [4.69, 9.17) is 0 Å². The fourth-order valence-corrected chi connectivity index (χ4v) is 3.11. The number of aliphatic hydroxyl groups is 1. The summed E-state index contributed by atoms with van der Waals surface area (Å²) in [5, 5.41) is 13.3. The summed E-state index contributed by atoms with van der Waals surface area (Å²) in [6, 6.07) is 0.966. The molecule has 18 heavy (non-hydrogen) atoms. The normalized spacial score (nSPS) is 31.7. The van der Waals surface area contributed by atoms with E-state index in [1.165, 1.54) is 39.8 Å². The lowest BCUT2D eigenvalue weighted by Crippen LogP contribution is -2.52. The van der Waals surface area contributed by atoms with Crippen molar-refractivity contribution in [2.24, 2.45) is 0 Å². The van der Waals surface area contributed by atoms with E-state index in [0.717, 1.165) is 13.0 Å². The lowest BCUT2D eigenvalue weighted by molar-refractivity contribution is -0.160. The molecule has 2 aliphatic heterocycles. The van der Waals surface area contributed by atoms with E-state index in [1.807, 2.05) is 0 Å². The van der Waals surface area contributed by atoms with E-state index in [0.29, 0.717) is 12.1 Å². The number of hydrogen-bond donors (Lipinski definition) is 2. The van der Waals surface area contributed by atoms with Crippen LogP contribution in [0.5, 0.6) is 0 Å². The second kappa shape index (κ2) is 5.55. The van der Waals surface area contributed by atoms with Gasteiger partial charge in [0.1, 0.15) is 0 Å². The van der Waals surface area contributed by atoms with Crippen molar-refractivity contribution in [3.05, 3.63) is 0 Å². The molecule has 5 heteroatoms. The Morgan fingerprint density at radius 3 is 2.94 bits per heavy atom. The van der Waals surface area contributed by atoms with Gasteiger partial charge in [-0.25, -0.2) is 4.79 Å². The molecule has 2 heterocycles. The Morgan fingerprint density at radius 1 is 1.44 bits per heavy atom. The van der Waals surface area contributed by atoms with Crippen molar-refractivity contribution in [3.8, 4) is 0 Å². The molecular formula is C13H24N2O3. The van der Waals surface area contributed by atoms with Crippen molar-refractivity contribution in [3.63, 3.8) is 0 Å². The Labute approximate surface area is 108 Å². The fraction of sp³-hybridized carbons (Fsp3) is 0.923. The maximum absolute atomic E-state index is 11.4. The van der Waals surface area contributed by atoms with Gasteiger partial charge in [-0.2, -0.15) is 0 Å². The molecule has 0 amide bonds. The summed E-state index contributed by atoms with van der Waals surface area (Å²) in [7, 11) is 1.30. The summed E-state index contributed by atoms with van der Waals surface area (Å²) in [5.41, 5.74) is -1.43. The molecule has 2 aliphatic rings. The number of esters is 1. The minimum atomic E-state index is -1.43. The van der Waals surface area contributed by atoms with Crippen LogP contribution in [0.3, 0.4) is 0 Å². The van der Waals surface area contributed by atoms with Crippen LogP contribution >= 0.6 is 0 Å². The maximum Gasteiger partial charge on any atom is 0.338 e. The highest BCUT2D eigenvalue weighted by Gasteiger charge is 2.38. The van der Waals surface area contributed by atoms with Crippen LogP contribution in [0.2, 0.25) is 0 Å². The van der Waals surface area contributed by atoms with Crippen LogP contribution in [-0.4, -0.2) is 60.4 Å². The lowest BCUT2D eigenvalue weighted by Gasteiger charge is -2.33. The minimum Gasteiger partial charge on any atom is -0.467 e. The van der Waals surface area contributed by atoms with E-state index in [-0.39, 0.29) is 6.54 Å². The molecular weight excluding hydrogens is 232 g/mol. The van der Waals surface area contributed by atoms with Crippen molar-refractivity contribution in [2.75, 3.05) is 26.7 Å². The molecule has 3 unspecified atom stereocenters. The number of piperidine rings is 1. The molecule has 0 aromatic rings. The first-order chi connectivity index (χ1) is 8.54. The van der Waals surface area contributed by atoms with Crippen molar-refractivity contribution in [2.45, 2.75) is 50.3 Å². The largest absolute Gasteiger partial charge is 0.467 e. The maximum atomic E-state index is 11.4. The minimum absolute atomic E-state index is 0.259. The first-order valence-corrected chi connectivity index (χ1v) is 6.83. The van der Waals surface area contributed by atoms with Crippen molar-refractivity contribution in [1.29, 1.82) is 0 Å². The Bertz CT molecular complexity index is 307. The average molecular weight is 256 g/mol. The topological polar surface area (TPSA) is 61.8 Å². The predicted molar refractivity (Wildman–Crippen MR) is 68.3 cm³/mol. The number of nitrogens with one attached hydrogen (secondary N) is 1. The highest BCUT2D eigenvalue weighted by atomic mass is 16.5. The molecule has 0 bridgehead atoms. The van der Waals surface area contributed by atoms with Gasteiger partial charge < -0.3 is 15.2 Å². The second-order valence-corrected chi connectivity index (χ2v) is 5.64. The SMILES string of the molecule is COC(=O)C(C)(O)CNC1CCN2CCCCC12. The second-order valence-electron chi connectivity index (χ2n) is 5.64. The summed E-state index contributed by atoms with van der Waals surface area (Å²) in [5.74, 6) is -0.575. The predicted octanol–water partition coefficient (Wildman–Crippen LogP) is 0.127. The monoisotopic (exact) mass is 256 g/mol. The highest BCUT2D eigenvalue weighted by Crippen LogP contribution is 2.27. The van der Waals surface area contributed by atoms with Gasteiger partial charge in [0.05, 0.1) is 7.11 Å². The first kappa shape index (κ1) is 13.8. The molecule has 0 aromatic carbocycles. The number of hydrogen-bond acceptors (Lipinski definition) is 5. The Kier molecular flexibility index (Phi) is 4.25. The van der Waals surface area contributed by atoms with Crippen LogP contribution in [-0.2, 0) is 9.53 Å². The van der Waals surface area contributed by atoms with E-state index in [9.17, 15) is 9.90 Å². The molecule has 0 aromatic heterocycles. The van der Waals surface area contributed by atoms with Crippen molar-refractivity contribution >= 4 is 5.97 Å². The van der Waals surface area contributed by atoms with Crippen LogP contribution in [0.4, 0.5) is 0 Å². The quantitative estimate of drug-likeness (QED) is 0.700. The Morgan fingerprint density at radius 2 is 2.22 bits per heavy atom. The molecule has 0 spiro atoms. The van der Waals surface area contributed by atoms with Gasteiger partial charge in [-0.3, -0.25) is 4.90 Å². The number of ether oxygens (including phenoxy) is 1. The summed E-state index contributed by atoms with van der Waals surface area (Å²) >= 11 is 0. The van der Waals surface area contributed by atoms with Gasteiger partial charge >= 0.3 is 5.97 Å². The summed E-state index contributed by atoms with van der Waals surface area (Å²) in [6.07, 6.45) is 4.90. The van der Waals surface area contributed by atoms with Gasteiger partial charge in [-0.15, -0.1) is 0 Å². The molecule has 2 fully saturated rings. The van der Waals surface area contributed by atoms with Crippen LogP contribution < -0.4 is 5.32 Å². The van der Waals surface area contributed by atoms with Gasteiger partial charge in [-0.05, 0) is 32.7 Å². The number of carbonyl (C=O) groups excluding carboxylic acids is 1. The standard InChI is InChI=1S/C13H24N2O3/c1-13(17,12(16)18-2)9-14-10-6-8-15-7-4-3-5-11(10)15/h10-11,14,17H,3-9H2,1-2H3. The average Bonchev–Trinajstić information content (AvgIpc) is 2.78. The summed E-state index contributed by atoms with van der Waals surface area (Å²) in [4.78, 5) is 13.9. The van der Waals surface area contributed by atoms with Crippen LogP contribution in [0.25, 0.3) is 0 Å². The van der Waals surface area contributed by atoms with Crippen LogP contribution in [0, 0.1) is 0 Å². The molecule has 2 saturated heterocycles. The van der Waals surface area contributed by atoms with Crippen LogP contribution in [0.1, 0.15) is 32.6 Å². The number of fused-ring (bicyclic) bond motifs is 1. The van der Waals surface area contributed by atoms with E-state index in [1.54, 1.807) is 0 Å². The third-order valence-corrected chi connectivity index (χ3v) is 4.19. The van der Waals surface area contributed by atoms with Crippen LogP contribution in [0.15, 0.2) is 0 Å². The smallest absolute Gasteiger partial charge is 0.338 e. The number of methoxy groups -OCH3 is 1. The zero-order valence-corrected chi connectivity index (χ0v) is 11.3.